The van der Waals surface area contributed by atoms with Crippen LogP contribution in [0.5, 0.6) is 0 Å². The van der Waals surface area contributed by atoms with Gasteiger partial charge in [0, 0.05) is 13.2 Å². The Morgan fingerprint density at radius 3 is 2.88 bits per heavy atom. The van der Waals surface area contributed by atoms with E-state index in [0.29, 0.717) is 12.0 Å². The highest BCUT2D eigenvalue weighted by atomic mass is 16.5. The van der Waals surface area contributed by atoms with Crippen LogP contribution in [0.25, 0.3) is 0 Å². The first-order valence-corrected chi connectivity index (χ1v) is 6.52. The summed E-state index contributed by atoms with van der Waals surface area (Å²) < 4.78 is 5.03. The van der Waals surface area contributed by atoms with Crippen LogP contribution in [-0.4, -0.2) is 25.2 Å². The minimum Gasteiger partial charge on any atom is -0.372 e. The second-order valence-corrected chi connectivity index (χ2v) is 4.83. The van der Waals surface area contributed by atoms with Gasteiger partial charge in [0.25, 0.3) is 0 Å². The van der Waals surface area contributed by atoms with Gasteiger partial charge in [-0.05, 0) is 32.1 Å². The van der Waals surface area contributed by atoms with Gasteiger partial charge in [-0.2, -0.15) is 0 Å². The van der Waals surface area contributed by atoms with Crippen LogP contribution in [-0.2, 0) is 9.53 Å². The molecule has 0 aliphatic heterocycles. The summed E-state index contributed by atoms with van der Waals surface area (Å²) in [6, 6.07) is 0.386. The largest absolute Gasteiger partial charge is 0.372 e. The lowest BCUT2D eigenvalue weighted by Crippen LogP contribution is -2.42. The first-order chi connectivity index (χ1) is 7.69. The molecular weight excluding hydrogens is 202 g/mol. The van der Waals surface area contributed by atoms with Crippen LogP contribution in [0, 0.1) is 5.92 Å². The molecule has 3 nitrogen and oxygen atoms in total. The molecule has 1 aliphatic carbocycles. The SMILES string of the molecule is CCCC[C@@H]1CCC[C@H]1NC(=O)[C@H](C)OC. The molecular formula is C13H25NO2. The van der Waals surface area contributed by atoms with Crippen LogP contribution in [0.4, 0.5) is 0 Å². The van der Waals surface area contributed by atoms with E-state index >= 15 is 0 Å². The van der Waals surface area contributed by atoms with Crippen molar-refractivity contribution >= 4 is 5.91 Å². The van der Waals surface area contributed by atoms with Gasteiger partial charge in [-0.1, -0.05) is 26.2 Å². The molecule has 3 atom stereocenters. The number of carbonyl (C=O) groups is 1. The van der Waals surface area contributed by atoms with E-state index in [1.54, 1.807) is 14.0 Å². The average Bonchev–Trinajstić information content (AvgIpc) is 2.72. The van der Waals surface area contributed by atoms with Gasteiger partial charge in [0.1, 0.15) is 6.10 Å². The second kappa shape index (κ2) is 6.89. The van der Waals surface area contributed by atoms with Gasteiger partial charge >= 0.3 is 0 Å². The molecule has 1 aliphatic rings. The van der Waals surface area contributed by atoms with Gasteiger partial charge in [0.2, 0.25) is 5.91 Å². The molecule has 0 heterocycles. The molecule has 0 radical (unpaired) electrons. The van der Waals surface area contributed by atoms with Crippen molar-refractivity contribution in [2.24, 2.45) is 5.92 Å². The second-order valence-electron chi connectivity index (χ2n) is 4.83. The van der Waals surface area contributed by atoms with Crippen molar-refractivity contribution in [2.45, 2.75) is 64.5 Å². The van der Waals surface area contributed by atoms with E-state index in [4.69, 9.17) is 4.74 Å². The fraction of sp³-hybridized carbons (Fsp3) is 0.923. The first-order valence-electron chi connectivity index (χ1n) is 6.52. The van der Waals surface area contributed by atoms with Gasteiger partial charge in [-0.15, -0.1) is 0 Å². The number of methoxy groups -OCH3 is 1. The molecule has 0 aromatic rings. The van der Waals surface area contributed by atoms with Crippen molar-refractivity contribution in [3.8, 4) is 0 Å². The number of ether oxygens (including phenoxy) is 1. The van der Waals surface area contributed by atoms with Crippen LogP contribution in [0.3, 0.4) is 0 Å². The molecule has 0 aromatic carbocycles. The summed E-state index contributed by atoms with van der Waals surface area (Å²) in [7, 11) is 1.58. The number of hydrogen-bond donors (Lipinski definition) is 1. The monoisotopic (exact) mass is 227 g/mol. The van der Waals surface area contributed by atoms with E-state index in [1.165, 1.54) is 32.1 Å². The van der Waals surface area contributed by atoms with Crippen molar-refractivity contribution in [3.63, 3.8) is 0 Å². The number of amides is 1. The van der Waals surface area contributed by atoms with Gasteiger partial charge in [-0.3, -0.25) is 4.79 Å². The summed E-state index contributed by atoms with van der Waals surface area (Å²) in [5.74, 6) is 0.726. The maximum Gasteiger partial charge on any atom is 0.249 e. The molecule has 1 N–H and O–H groups in total. The van der Waals surface area contributed by atoms with Crippen molar-refractivity contribution in [3.05, 3.63) is 0 Å². The predicted molar refractivity (Wildman–Crippen MR) is 65.3 cm³/mol. The van der Waals surface area contributed by atoms with E-state index in [0.717, 1.165) is 6.42 Å². The van der Waals surface area contributed by atoms with Gasteiger partial charge in [-0.25, -0.2) is 0 Å². The summed E-state index contributed by atoms with van der Waals surface area (Å²) in [5.41, 5.74) is 0. The van der Waals surface area contributed by atoms with Gasteiger partial charge in [0.15, 0.2) is 0 Å². The number of unbranched alkanes of at least 4 members (excludes halogenated alkanes) is 1. The Morgan fingerprint density at radius 2 is 2.25 bits per heavy atom. The van der Waals surface area contributed by atoms with Crippen molar-refractivity contribution < 1.29 is 9.53 Å². The molecule has 0 spiro atoms. The van der Waals surface area contributed by atoms with Crippen LogP contribution >= 0.6 is 0 Å². The standard InChI is InChI=1S/C13H25NO2/c1-4-5-7-11-8-6-9-12(11)14-13(15)10(2)16-3/h10-12H,4-9H2,1-3H3,(H,14,15)/t10-,11+,12+/m0/s1. The van der Waals surface area contributed by atoms with Crippen molar-refractivity contribution in [2.75, 3.05) is 7.11 Å². The lowest BCUT2D eigenvalue weighted by molar-refractivity contribution is -0.131. The highest BCUT2D eigenvalue weighted by Crippen LogP contribution is 2.29. The van der Waals surface area contributed by atoms with E-state index < -0.39 is 0 Å². The van der Waals surface area contributed by atoms with Crippen LogP contribution in [0.1, 0.15) is 52.4 Å². The van der Waals surface area contributed by atoms with Crippen LogP contribution in [0.15, 0.2) is 0 Å². The topological polar surface area (TPSA) is 38.3 Å². The smallest absolute Gasteiger partial charge is 0.249 e. The van der Waals surface area contributed by atoms with Gasteiger partial charge in [0.05, 0.1) is 0 Å². The Labute approximate surface area is 98.9 Å². The highest BCUT2D eigenvalue weighted by Gasteiger charge is 2.28. The summed E-state index contributed by atoms with van der Waals surface area (Å²) in [6.07, 6.45) is 7.10. The molecule has 16 heavy (non-hydrogen) atoms. The Morgan fingerprint density at radius 1 is 1.50 bits per heavy atom. The van der Waals surface area contributed by atoms with Crippen molar-refractivity contribution in [1.29, 1.82) is 0 Å². The van der Waals surface area contributed by atoms with E-state index in [1.807, 2.05) is 0 Å². The number of nitrogens with one attached hydrogen (secondary N) is 1. The zero-order valence-corrected chi connectivity index (χ0v) is 10.8. The normalized spacial score (nSPS) is 26.7. The molecule has 0 unspecified atom stereocenters. The van der Waals surface area contributed by atoms with E-state index in [-0.39, 0.29) is 12.0 Å². The molecule has 1 saturated carbocycles. The highest BCUT2D eigenvalue weighted by molar-refractivity contribution is 5.80. The Bertz CT molecular complexity index is 218. The Balaban J connectivity index is 2.37. The van der Waals surface area contributed by atoms with E-state index in [2.05, 4.69) is 12.2 Å². The zero-order valence-electron chi connectivity index (χ0n) is 10.8. The molecule has 0 bridgehead atoms. The molecule has 0 aromatic heterocycles. The Kier molecular flexibility index (Phi) is 5.81. The minimum atomic E-state index is -0.326. The first kappa shape index (κ1) is 13.5. The summed E-state index contributed by atoms with van der Waals surface area (Å²) in [5, 5.41) is 3.12. The molecule has 0 saturated heterocycles. The predicted octanol–water partition coefficient (Wildman–Crippen LogP) is 2.50. The summed E-state index contributed by atoms with van der Waals surface area (Å²) in [4.78, 5) is 11.7. The van der Waals surface area contributed by atoms with E-state index in [9.17, 15) is 4.79 Å². The van der Waals surface area contributed by atoms with Crippen LogP contribution < -0.4 is 5.32 Å². The molecule has 1 amide bonds. The fourth-order valence-electron chi connectivity index (χ4n) is 2.45. The molecule has 1 rings (SSSR count). The molecule has 3 heteroatoms. The number of rotatable bonds is 6. The quantitative estimate of drug-likeness (QED) is 0.757. The van der Waals surface area contributed by atoms with Crippen molar-refractivity contribution in [1.82, 2.24) is 5.32 Å². The zero-order chi connectivity index (χ0) is 12.0. The number of carbonyl (C=O) groups excluding carboxylic acids is 1. The minimum absolute atomic E-state index is 0.0379. The van der Waals surface area contributed by atoms with Crippen LogP contribution in [0.2, 0.25) is 0 Å². The fourth-order valence-corrected chi connectivity index (χ4v) is 2.45. The lowest BCUT2D eigenvalue weighted by Gasteiger charge is -2.22. The third-order valence-corrected chi connectivity index (χ3v) is 3.64. The average molecular weight is 227 g/mol. The third-order valence-electron chi connectivity index (χ3n) is 3.64. The lowest BCUT2D eigenvalue weighted by atomic mass is 9.96. The maximum atomic E-state index is 11.7. The summed E-state index contributed by atoms with van der Waals surface area (Å²) in [6.45, 7) is 4.01. The number of hydrogen-bond acceptors (Lipinski definition) is 2. The molecule has 1 fully saturated rings. The summed E-state index contributed by atoms with van der Waals surface area (Å²) >= 11 is 0. The molecule has 94 valence electrons. The van der Waals surface area contributed by atoms with Gasteiger partial charge < -0.3 is 10.1 Å². The maximum absolute atomic E-state index is 11.7. The Hall–Kier alpha value is -0.570. The third kappa shape index (κ3) is 3.78.